The Hall–Kier alpha value is -3.45. The first kappa shape index (κ1) is 65.4. The standard InChI is InChI=1S/C23H26ClFO2.C7H13NO3.C7H16.C4H10.3C2H6.C2H4/c1-13(2)21(26)20-11-15(4)22(27-20)17(23(5,6)7)10-14(3)16-8-9-18(24)19(25)12-16;1-5(9)8-7(2,3)6(10)11-4;1-5-6-7(2,3)4;1-3-4-2;4*1-2/h8-13H,3H2,1-2,4-7H3;1-4H3,(H,8,9);5-6H2,1-4H3;3-4H2,1-2H3;3*1-2H3;1-2H2/b17-10+;;;;;;;. The first-order chi connectivity index (χ1) is 26.3. The SMILES string of the molecule is C=C.C=C(/C=C(\c1oc(C(=O)C(C)C)cc1C)C(C)(C)C)c1ccc(Cl)c(F)c1.CC.CC.CC.CCCC.CCCC(C)(C)C.COC(=O)C(C)(C)NC(C)=O. The second-order valence-corrected chi connectivity index (χ2v) is 15.6. The topological polar surface area (TPSA) is 85.6 Å². The Morgan fingerprint density at radius 3 is 1.63 bits per heavy atom. The molecule has 332 valence electrons. The number of unbranched alkanes of at least 4 members (excludes halogenated alkanes) is 1. The second-order valence-electron chi connectivity index (χ2n) is 15.2. The number of halogens is 2. The van der Waals surface area contributed by atoms with Gasteiger partial charge >= 0.3 is 5.97 Å². The number of furan rings is 1. The number of methoxy groups -OCH3 is 1. The van der Waals surface area contributed by atoms with E-state index in [9.17, 15) is 18.8 Å². The van der Waals surface area contributed by atoms with Gasteiger partial charge in [-0.3, -0.25) is 9.59 Å². The van der Waals surface area contributed by atoms with Crippen LogP contribution in [0.5, 0.6) is 0 Å². The van der Waals surface area contributed by atoms with Crippen molar-refractivity contribution in [2.45, 2.75) is 177 Å². The Bertz CT molecular complexity index is 1400. The molecule has 57 heavy (non-hydrogen) atoms. The van der Waals surface area contributed by atoms with Gasteiger partial charge in [-0.1, -0.05) is 161 Å². The second kappa shape index (κ2) is 35.7. The Labute approximate surface area is 356 Å². The first-order valence-electron chi connectivity index (χ1n) is 20.7. The number of rotatable bonds is 9. The van der Waals surface area contributed by atoms with E-state index >= 15 is 0 Å². The normalized spacial score (nSPS) is 10.4. The van der Waals surface area contributed by atoms with Gasteiger partial charge in [0.25, 0.3) is 0 Å². The van der Waals surface area contributed by atoms with Gasteiger partial charge in [-0.05, 0) is 79.0 Å². The molecule has 2 aromatic rings. The number of carbonyl (C=O) groups excluding carboxylic acids is 3. The largest absolute Gasteiger partial charge is 0.467 e. The molecule has 1 heterocycles. The summed E-state index contributed by atoms with van der Waals surface area (Å²) in [5.41, 5.74) is 2.41. The fraction of sp³-hybridized carbons (Fsp3) is 0.612. The fourth-order valence-corrected chi connectivity index (χ4v) is 4.35. The quantitative estimate of drug-likeness (QED) is 0.118. The summed E-state index contributed by atoms with van der Waals surface area (Å²) in [7, 11) is 1.28. The maximum Gasteiger partial charge on any atom is 0.330 e. The number of ether oxygens (including phenoxy) is 1. The van der Waals surface area contributed by atoms with Crippen molar-refractivity contribution < 1.29 is 27.9 Å². The van der Waals surface area contributed by atoms with Crippen LogP contribution in [0.15, 0.2) is 54.5 Å². The number of ketones is 1. The number of hydrogen-bond donors (Lipinski definition) is 1. The molecule has 0 fully saturated rings. The number of allylic oxidation sites excluding steroid dienone is 3. The molecule has 1 aromatic carbocycles. The van der Waals surface area contributed by atoms with Crippen LogP contribution in [0.1, 0.15) is 192 Å². The Kier molecular flexibility index (Phi) is 41.0. The average Bonchev–Trinajstić information content (AvgIpc) is 3.53. The fourth-order valence-electron chi connectivity index (χ4n) is 4.23. The van der Waals surface area contributed by atoms with Crippen LogP contribution in [-0.4, -0.2) is 30.3 Å². The van der Waals surface area contributed by atoms with E-state index in [4.69, 9.17) is 16.0 Å². The van der Waals surface area contributed by atoms with E-state index < -0.39 is 17.3 Å². The smallest absolute Gasteiger partial charge is 0.330 e. The van der Waals surface area contributed by atoms with E-state index in [0.29, 0.717) is 28.1 Å². The van der Waals surface area contributed by atoms with Gasteiger partial charge in [-0.15, -0.1) is 13.2 Å². The number of benzene rings is 1. The molecule has 0 saturated heterocycles. The molecule has 0 radical (unpaired) electrons. The summed E-state index contributed by atoms with van der Waals surface area (Å²) in [6, 6.07) is 6.39. The molecule has 0 aliphatic heterocycles. The molecule has 0 saturated carbocycles. The third kappa shape index (κ3) is 31.3. The van der Waals surface area contributed by atoms with Crippen LogP contribution in [0, 0.1) is 29.5 Å². The van der Waals surface area contributed by atoms with Gasteiger partial charge in [0.15, 0.2) is 5.76 Å². The van der Waals surface area contributed by atoms with Crippen molar-refractivity contribution in [3.8, 4) is 0 Å². The Morgan fingerprint density at radius 2 is 1.33 bits per heavy atom. The zero-order valence-electron chi connectivity index (χ0n) is 40.7. The molecular formula is C49H87ClFNO5. The molecule has 6 nitrogen and oxygen atoms in total. The van der Waals surface area contributed by atoms with Gasteiger partial charge in [0.1, 0.15) is 17.1 Å². The minimum Gasteiger partial charge on any atom is -0.467 e. The third-order valence-corrected chi connectivity index (χ3v) is 7.34. The van der Waals surface area contributed by atoms with E-state index in [-0.39, 0.29) is 28.0 Å². The van der Waals surface area contributed by atoms with Crippen molar-refractivity contribution in [3.63, 3.8) is 0 Å². The van der Waals surface area contributed by atoms with Crippen molar-refractivity contribution in [2.75, 3.05) is 7.11 Å². The van der Waals surface area contributed by atoms with E-state index in [1.165, 1.54) is 51.8 Å². The predicted octanol–water partition coefficient (Wildman–Crippen LogP) is 16.0. The van der Waals surface area contributed by atoms with Gasteiger partial charge in [0, 0.05) is 18.4 Å². The highest BCUT2D eigenvalue weighted by Gasteiger charge is 2.29. The number of nitrogens with one attached hydrogen (secondary N) is 1. The number of carbonyl (C=O) groups is 3. The maximum atomic E-state index is 13.8. The first-order valence-corrected chi connectivity index (χ1v) is 21.1. The lowest BCUT2D eigenvalue weighted by Crippen LogP contribution is -2.49. The highest BCUT2D eigenvalue weighted by molar-refractivity contribution is 6.30. The van der Waals surface area contributed by atoms with Gasteiger partial charge in [0.2, 0.25) is 11.7 Å². The summed E-state index contributed by atoms with van der Waals surface area (Å²) in [5, 5.41) is 2.53. The molecule has 0 bridgehead atoms. The number of aryl methyl sites for hydroxylation is 1. The van der Waals surface area contributed by atoms with E-state index in [0.717, 1.165) is 11.1 Å². The summed E-state index contributed by atoms with van der Waals surface area (Å²) in [6.45, 7) is 51.8. The average molecular weight is 825 g/mol. The summed E-state index contributed by atoms with van der Waals surface area (Å²) in [5.74, 6) is -0.348. The van der Waals surface area contributed by atoms with Crippen molar-refractivity contribution in [1.29, 1.82) is 0 Å². The summed E-state index contributed by atoms with van der Waals surface area (Å²) in [4.78, 5) is 33.8. The monoisotopic (exact) mass is 824 g/mol. The van der Waals surface area contributed by atoms with Gasteiger partial charge in [0.05, 0.1) is 12.1 Å². The molecule has 1 amide bonds. The van der Waals surface area contributed by atoms with Crippen LogP contribution in [0.2, 0.25) is 5.02 Å². The molecule has 0 aliphatic rings. The molecule has 8 heteroatoms. The van der Waals surface area contributed by atoms with Crippen molar-refractivity contribution in [2.24, 2.45) is 16.7 Å². The van der Waals surface area contributed by atoms with E-state index in [2.05, 4.69) is 92.1 Å². The number of Topliss-reactive ketones (excluding diaryl/α,β-unsaturated/α-hetero) is 1. The van der Waals surface area contributed by atoms with Crippen LogP contribution in [0.3, 0.4) is 0 Å². The zero-order chi connectivity index (χ0) is 46.9. The molecule has 0 unspecified atom stereocenters. The highest BCUT2D eigenvalue weighted by atomic mass is 35.5. The lowest BCUT2D eigenvalue weighted by Gasteiger charge is -2.23. The van der Waals surface area contributed by atoms with Gasteiger partial charge < -0.3 is 14.5 Å². The van der Waals surface area contributed by atoms with E-state index in [1.54, 1.807) is 26.0 Å². The molecular weight excluding hydrogens is 737 g/mol. The molecule has 1 aromatic heterocycles. The van der Waals surface area contributed by atoms with Crippen molar-refractivity contribution in [1.82, 2.24) is 5.32 Å². The number of esters is 1. The molecule has 2 rings (SSSR count). The van der Waals surface area contributed by atoms with Crippen LogP contribution in [0.25, 0.3) is 11.1 Å². The Balaban J connectivity index is -0.000000179. The van der Waals surface area contributed by atoms with Crippen molar-refractivity contribution in [3.05, 3.63) is 83.6 Å². The molecule has 0 spiro atoms. The summed E-state index contributed by atoms with van der Waals surface area (Å²) < 4.78 is 24.2. The van der Waals surface area contributed by atoms with Crippen molar-refractivity contribution >= 4 is 40.4 Å². The van der Waals surface area contributed by atoms with Crippen LogP contribution >= 0.6 is 11.6 Å². The number of amides is 1. The zero-order valence-corrected chi connectivity index (χ0v) is 41.5. The molecule has 1 N–H and O–H groups in total. The van der Waals surface area contributed by atoms with Crippen LogP contribution in [-0.2, 0) is 14.3 Å². The molecule has 0 atom stereocenters. The van der Waals surface area contributed by atoms with Crippen LogP contribution < -0.4 is 5.32 Å². The minimum atomic E-state index is -0.930. The predicted molar refractivity (Wildman–Crippen MR) is 251 cm³/mol. The van der Waals surface area contributed by atoms with Crippen LogP contribution in [0.4, 0.5) is 4.39 Å². The maximum absolute atomic E-state index is 13.8. The van der Waals surface area contributed by atoms with E-state index in [1.807, 2.05) is 68.4 Å². The minimum absolute atomic E-state index is 0.0313. The third-order valence-electron chi connectivity index (χ3n) is 7.03. The lowest BCUT2D eigenvalue weighted by molar-refractivity contribution is -0.149. The molecule has 0 aliphatic carbocycles. The Morgan fingerprint density at radius 1 is 0.877 bits per heavy atom. The lowest BCUT2D eigenvalue weighted by atomic mass is 9.82. The number of hydrogen-bond acceptors (Lipinski definition) is 5. The van der Waals surface area contributed by atoms with Gasteiger partial charge in [-0.25, -0.2) is 9.18 Å². The summed E-state index contributed by atoms with van der Waals surface area (Å²) in [6.07, 6.45) is 7.18. The highest BCUT2D eigenvalue weighted by Crippen LogP contribution is 2.39. The summed E-state index contributed by atoms with van der Waals surface area (Å²) >= 11 is 5.77. The van der Waals surface area contributed by atoms with Gasteiger partial charge in [-0.2, -0.15) is 0 Å².